The number of nitrogens with zero attached hydrogens (tertiary/aromatic N) is 1. The monoisotopic (exact) mass is 403 g/mol. The largest absolute Gasteiger partial charge is 0.463 e. The molecule has 0 aromatic carbocycles. The van der Waals surface area contributed by atoms with Crippen LogP contribution in [0.4, 0.5) is 4.79 Å². The van der Waals surface area contributed by atoms with Gasteiger partial charge in [0.2, 0.25) is 0 Å². The summed E-state index contributed by atoms with van der Waals surface area (Å²) in [5.41, 5.74) is -0.508. The molecule has 0 spiro atoms. The number of likely N-dealkylation sites (N-methyl/N-ethyl adjacent to an activating group) is 1. The molecule has 7 nitrogen and oxygen atoms in total. The first-order valence-corrected chi connectivity index (χ1v) is 10.7. The van der Waals surface area contributed by atoms with Gasteiger partial charge < -0.3 is 24.2 Å². The van der Waals surface area contributed by atoms with E-state index in [-0.39, 0.29) is 12.6 Å². The van der Waals surface area contributed by atoms with E-state index in [2.05, 4.69) is 6.92 Å². The number of unbranched alkanes of at least 4 members (excludes halogenated alkanes) is 3. The molecule has 1 amide bonds. The van der Waals surface area contributed by atoms with E-state index in [1.807, 2.05) is 27.7 Å². The molecule has 0 rings (SSSR count). The molecule has 0 saturated heterocycles. The molecule has 0 aromatic rings. The number of amides is 1. The lowest BCUT2D eigenvalue weighted by Crippen LogP contribution is -2.36. The Morgan fingerprint density at radius 3 is 2.29 bits per heavy atom. The fraction of sp³-hybridized carbons (Fsp3) is 0.905. The van der Waals surface area contributed by atoms with Gasteiger partial charge >= 0.3 is 12.1 Å². The zero-order valence-electron chi connectivity index (χ0n) is 18.5. The minimum Gasteiger partial charge on any atom is -0.463 e. The SMILES string of the molecule is CCCCO[C@@H](O)CCCCCOC(=O)N(CC)CCOC(=O)C(C)(C)CC. The Kier molecular flexibility index (Phi) is 14.8. The maximum atomic E-state index is 12.1. The maximum Gasteiger partial charge on any atom is 0.409 e. The summed E-state index contributed by atoms with van der Waals surface area (Å²) < 4.78 is 15.8. The first-order valence-electron chi connectivity index (χ1n) is 10.7. The fourth-order valence-corrected chi connectivity index (χ4v) is 2.26. The molecule has 0 saturated carbocycles. The Morgan fingerprint density at radius 2 is 1.68 bits per heavy atom. The topological polar surface area (TPSA) is 85.3 Å². The Bertz CT molecular complexity index is 427. The van der Waals surface area contributed by atoms with Crippen molar-refractivity contribution in [2.24, 2.45) is 5.41 Å². The quantitative estimate of drug-likeness (QED) is 0.237. The number of hydrogen-bond acceptors (Lipinski definition) is 6. The van der Waals surface area contributed by atoms with Gasteiger partial charge in [0.25, 0.3) is 0 Å². The highest BCUT2D eigenvalue weighted by atomic mass is 16.6. The molecule has 0 bridgehead atoms. The Hall–Kier alpha value is -1.34. The third-order valence-corrected chi connectivity index (χ3v) is 4.80. The maximum absolute atomic E-state index is 12.1. The minimum absolute atomic E-state index is 0.168. The summed E-state index contributed by atoms with van der Waals surface area (Å²) in [4.78, 5) is 25.6. The lowest BCUT2D eigenvalue weighted by molar-refractivity contribution is -0.154. The molecule has 28 heavy (non-hydrogen) atoms. The molecule has 0 heterocycles. The van der Waals surface area contributed by atoms with E-state index < -0.39 is 17.8 Å². The van der Waals surface area contributed by atoms with Crippen LogP contribution in [0.15, 0.2) is 0 Å². The van der Waals surface area contributed by atoms with Gasteiger partial charge in [0, 0.05) is 13.2 Å². The highest BCUT2D eigenvalue weighted by Gasteiger charge is 2.27. The second-order valence-corrected chi connectivity index (χ2v) is 7.60. The van der Waals surface area contributed by atoms with Crippen LogP contribution in [0.3, 0.4) is 0 Å². The summed E-state index contributed by atoms with van der Waals surface area (Å²) >= 11 is 0. The van der Waals surface area contributed by atoms with Crippen molar-refractivity contribution < 1.29 is 28.9 Å². The molecule has 0 aliphatic carbocycles. The van der Waals surface area contributed by atoms with Crippen molar-refractivity contribution in [1.82, 2.24) is 4.90 Å². The van der Waals surface area contributed by atoms with Gasteiger partial charge in [-0.3, -0.25) is 4.79 Å². The predicted octanol–water partition coefficient (Wildman–Crippen LogP) is 4.12. The van der Waals surface area contributed by atoms with Gasteiger partial charge in [-0.1, -0.05) is 20.3 Å². The molecule has 166 valence electrons. The van der Waals surface area contributed by atoms with Gasteiger partial charge in [-0.15, -0.1) is 0 Å². The lowest BCUT2D eigenvalue weighted by atomic mass is 9.91. The Morgan fingerprint density at radius 1 is 0.964 bits per heavy atom. The fourth-order valence-electron chi connectivity index (χ4n) is 2.26. The van der Waals surface area contributed by atoms with Crippen LogP contribution in [0.1, 0.15) is 79.6 Å². The minimum atomic E-state index is -0.704. The summed E-state index contributed by atoms with van der Waals surface area (Å²) in [5.74, 6) is -0.250. The van der Waals surface area contributed by atoms with Crippen molar-refractivity contribution in [2.75, 3.05) is 32.9 Å². The number of aliphatic hydroxyl groups excluding tert-OH is 1. The van der Waals surface area contributed by atoms with E-state index in [9.17, 15) is 14.7 Å². The van der Waals surface area contributed by atoms with Crippen molar-refractivity contribution in [2.45, 2.75) is 85.9 Å². The van der Waals surface area contributed by atoms with E-state index >= 15 is 0 Å². The highest BCUT2D eigenvalue weighted by Crippen LogP contribution is 2.21. The van der Waals surface area contributed by atoms with E-state index in [0.29, 0.717) is 39.1 Å². The highest BCUT2D eigenvalue weighted by molar-refractivity contribution is 5.75. The van der Waals surface area contributed by atoms with E-state index in [1.54, 1.807) is 0 Å². The van der Waals surface area contributed by atoms with E-state index in [0.717, 1.165) is 32.1 Å². The summed E-state index contributed by atoms with van der Waals surface area (Å²) in [7, 11) is 0. The summed E-state index contributed by atoms with van der Waals surface area (Å²) in [6.07, 6.45) is 4.63. The molecule has 1 atom stereocenters. The van der Waals surface area contributed by atoms with Crippen LogP contribution in [0.5, 0.6) is 0 Å². The Balaban J connectivity index is 3.87. The van der Waals surface area contributed by atoms with Crippen LogP contribution in [-0.2, 0) is 19.0 Å². The summed E-state index contributed by atoms with van der Waals surface area (Å²) in [6.45, 7) is 11.5. The molecule has 0 aromatic heterocycles. The second-order valence-electron chi connectivity index (χ2n) is 7.60. The molecule has 0 aliphatic heterocycles. The number of carbonyl (C=O) groups is 2. The van der Waals surface area contributed by atoms with Crippen LogP contribution in [0, 0.1) is 5.41 Å². The molecule has 7 heteroatoms. The van der Waals surface area contributed by atoms with Gasteiger partial charge in [-0.05, 0) is 59.3 Å². The van der Waals surface area contributed by atoms with Gasteiger partial charge in [0.05, 0.1) is 18.6 Å². The molecular weight excluding hydrogens is 362 g/mol. The van der Waals surface area contributed by atoms with Crippen molar-refractivity contribution in [3.05, 3.63) is 0 Å². The van der Waals surface area contributed by atoms with Gasteiger partial charge in [0.15, 0.2) is 6.29 Å². The van der Waals surface area contributed by atoms with E-state index in [4.69, 9.17) is 14.2 Å². The zero-order chi connectivity index (χ0) is 21.4. The molecule has 0 radical (unpaired) electrons. The average molecular weight is 404 g/mol. The lowest BCUT2D eigenvalue weighted by Gasteiger charge is -2.23. The number of esters is 1. The van der Waals surface area contributed by atoms with Crippen LogP contribution < -0.4 is 0 Å². The van der Waals surface area contributed by atoms with Crippen LogP contribution in [0.2, 0.25) is 0 Å². The normalized spacial score (nSPS) is 12.5. The van der Waals surface area contributed by atoms with Gasteiger partial charge in [-0.2, -0.15) is 0 Å². The first-order chi connectivity index (χ1) is 13.3. The van der Waals surface area contributed by atoms with Crippen molar-refractivity contribution in [1.29, 1.82) is 0 Å². The van der Waals surface area contributed by atoms with Crippen LogP contribution in [-0.4, -0.2) is 61.3 Å². The van der Waals surface area contributed by atoms with Crippen LogP contribution in [0.25, 0.3) is 0 Å². The van der Waals surface area contributed by atoms with E-state index in [1.165, 1.54) is 4.90 Å². The van der Waals surface area contributed by atoms with Crippen molar-refractivity contribution in [3.8, 4) is 0 Å². The average Bonchev–Trinajstić information content (AvgIpc) is 2.67. The summed E-state index contributed by atoms with van der Waals surface area (Å²) in [5, 5.41) is 9.66. The van der Waals surface area contributed by atoms with Crippen LogP contribution >= 0.6 is 0 Å². The molecule has 1 N–H and O–H groups in total. The van der Waals surface area contributed by atoms with Crippen molar-refractivity contribution in [3.63, 3.8) is 0 Å². The number of ether oxygens (including phenoxy) is 3. The number of hydrogen-bond donors (Lipinski definition) is 1. The second kappa shape index (κ2) is 15.6. The molecular formula is C21H41NO6. The Labute approximate surface area is 170 Å². The van der Waals surface area contributed by atoms with Gasteiger partial charge in [-0.25, -0.2) is 4.79 Å². The molecule has 0 fully saturated rings. The van der Waals surface area contributed by atoms with Crippen molar-refractivity contribution >= 4 is 12.1 Å². The standard InChI is InChI=1S/C21H41NO6/c1-6-9-15-26-18(23)13-11-10-12-16-28-20(25)22(8-3)14-17-27-19(24)21(4,5)7-2/h18,23H,6-17H2,1-5H3/t18-/m1/s1. The third-order valence-electron chi connectivity index (χ3n) is 4.80. The number of aliphatic hydroxyl groups is 1. The summed E-state index contributed by atoms with van der Waals surface area (Å²) in [6, 6.07) is 0. The first kappa shape index (κ1) is 26.7. The third kappa shape index (κ3) is 12.2. The number of rotatable bonds is 16. The smallest absolute Gasteiger partial charge is 0.409 e. The zero-order valence-corrected chi connectivity index (χ0v) is 18.5. The number of carbonyl (C=O) groups excluding carboxylic acids is 2. The van der Waals surface area contributed by atoms with Gasteiger partial charge in [0.1, 0.15) is 6.61 Å². The predicted molar refractivity (Wildman–Crippen MR) is 109 cm³/mol. The molecule has 0 aliphatic rings. The molecule has 0 unspecified atom stereocenters.